The zero-order valence-corrected chi connectivity index (χ0v) is 16.9. The molecule has 3 aromatic rings. The van der Waals surface area contributed by atoms with Gasteiger partial charge in [-0.2, -0.15) is 0 Å². The Bertz CT molecular complexity index is 1040. The van der Waals surface area contributed by atoms with Crippen LogP contribution in [0.25, 0.3) is 10.8 Å². The van der Waals surface area contributed by atoms with Crippen LogP contribution in [0.2, 0.25) is 0 Å². The first-order chi connectivity index (χ1) is 14.5. The first-order valence-electron chi connectivity index (χ1n) is 10.2. The predicted molar refractivity (Wildman–Crippen MR) is 115 cm³/mol. The molecule has 1 atom stereocenters. The van der Waals surface area contributed by atoms with Crippen LogP contribution in [-0.4, -0.2) is 34.5 Å². The lowest BCUT2D eigenvalue weighted by molar-refractivity contribution is -0.114. The molecule has 0 radical (unpaired) electrons. The molecule has 0 unspecified atom stereocenters. The molecule has 1 saturated heterocycles. The summed E-state index contributed by atoms with van der Waals surface area (Å²) in [4.78, 5) is 17.9. The molecule has 0 aromatic heterocycles. The molecular weight excluding hydrogens is 380 g/mol. The molecule has 0 aliphatic carbocycles. The number of fused-ring (bicyclic) bond motifs is 1. The monoisotopic (exact) mass is 406 g/mol. The third-order valence-electron chi connectivity index (χ3n) is 5.74. The molecule has 30 heavy (non-hydrogen) atoms. The molecule has 156 valence electrons. The number of hydroxylamine groups is 2. The lowest BCUT2D eigenvalue weighted by Gasteiger charge is -2.31. The van der Waals surface area contributed by atoms with Crippen LogP contribution in [0.5, 0.6) is 11.5 Å². The summed E-state index contributed by atoms with van der Waals surface area (Å²) in [5.41, 5.74) is 1.87. The fourth-order valence-corrected chi connectivity index (χ4v) is 4.16. The van der Waals surface area contributed by atoms with Gasteiger partial charge < -0.3 is 20.4 Å². The summed E-state index contributed by atoms with van der Waals surface area (Å²) in [6.45, 7) is 3.12. The van der Waals surface area contributed by atoms with Crippen molar-refractivity contribution in [1.82, 2.24) is 10.4 Å². The second kappa shape index (κ2) is 8.63. The summed E-state index contributed by atoms with van der Waals surface area (Å²) in [5, 5.41) is 26.4. The van der Waals surface area contributed by atoms with E-state index in [4.69, 9.17) is 4.84 Å². The molecule has 1 fully saturated rings. The van der Waals surface area contributed by atoms with Crippen LogP contribution in [0.1, 0.15) is 42.9 Å². The number of carbonyl (C=O) groups is 1. The highest BCUT2D eigenvalue weighted by atomic mass is 16.7. The van der Waals surface area contributed by atoms with Gasteiger partial charge in [-0.05, 0) is 53.6 Å². The van der Waals surface area contributed by atoms with Gasteiger partial charge >= 0.3 is 6.09 Å². The van der Waals surface area contributed by atoms with Crippen molar-refractivity contribution in [3.63, 3.8) is 0 Å². The Morgan fingerprint density at radius 2 is 1.80 bits per heavy atom. The smallest absolute Gasteiger partial charge is 0.426 e. The van der Waals surface area contributed by atoms with Gasteiger partial charge in [-0.15, -0.1) is 5.06 Å². The Morgan fingerprint density at radius 3 is 2.57 bits per heavy atom. The first-order valence-corrected chi connectivity index (χ1v) is 10.2. The number of hydrogen-bond donors (Lipinski definition) is 3. The van der Waals surface area contributed by atoms with E-state index in [1.807, 2.05) is 31.2 Å². The van der Waals surface area contributed by atoms with Crippen LogP contribution >= 0.6 is 0 Å². The summed E-state index contributed by atoms with van der Waals surface area (Å²) in [7, 11) is 0. The van der Waals surface area contributed by atoms with Crippen LogP contribution in [0, 0.1) is 0 Å². The number of carbonyl (C=O) groups excluding carboxylic acids is 1. The predicted octanol–water partition coefficient (Wildman–Crippen LogP) is 4.83. The van der Waals surface area contributed by atoms with Crippen LogP contribution in [0.4, 0.5) is 4.79 Å². The minimum Gasteiger partial charge on any atom is -0.508 e. The summed E-state index contributed by atoms with van der Waals surface area (Å²) >= 11 is 0. The van der Waals surface area contributed by atoms with Crippen LogP contribution in [0.15, 0.2) is 60.7 Å². The second-order valence-corrected chi connectivity index (χ2v) is 7.76. The van der Waals surface area contributed by atoms with Gasteiger partial charge in [0.1, 0.15) is 11.5 Å². The van der Waals surface area contributed by atoms with Crippen molar-refractivity contribution in [2.24, 2.45) is 0 Å². The quantitative estimate of drug-likeness (QED) is 0.578. The number of rotatable bonds is 4. The topological polar surface area (TPSA) is 82.0 Å². The standard InChI is InChI=1S/C24H26N2O4/c1-16(20-8-4-6-17-5-2-3-7-21(17)20)25-24(29)30-26-13-11-18(12-14-26)22-10-9-19(27)15-23(22)28/h2-10,15-16,18,27-28H,11-14H2,1H3,(H,25,29)/t16-/m0/s1. The fraction of sp³-hybridized carbons (Fsp3) is 0.292. The largest absolute Gasteiger partial charge is 0.508 e. The average Bonchev–Trinajstić information content (AvgIpc) is 2.74. The maximum atomic E-state index is 12.4. The number of hydrogen-bond acceptors (Lipinski definition) is 5. The van der Waals surface area contributed by atoms with E-state index in [1.165, 1.54) is 6.07 Å². The Morgan fingerprint density at radius 1 is 1.07 bits per heavy atom. The van der Waals surface area contributed by atoms with Crippen LogP contribution in [0.3, 0.4) is 0 Å². The molecule has 3 aromatic carbocycles. The van der Waals surface area contributed by atoms with Crippen LogP contribution < -0.4 is 5.32 Å². The van der Waals surface area contributed by atoms with Crippen molar-refractivity contribution in [3.05, 3.63) is 71.8 Å². The number of piperidine rings is 1. The van der Waals surface area contributed by atoms with E-state index in [-0.39, 0.29) is 23.5 Å². The Kier molecular flexibility index (Phi) is 5.77. The van der Waals surface area contributed by atoms with Gasteiger partial charge in [0.15, 0.2) is 0 Å². The van der Waals surface area contributed by atoms with E-state index in [1.54, 1.807) is 17.2 Å². The van der Waals surface area contributed by atoms with Gasteiger partial charge in [-0.25, -0.2) is 4.79 Å². The van der Waals surface area contributed by atoms with Gasteiger partial charge in [-0.3, -0.25) is 0 Å². The van der Waals surface area contributed by atoms with E-state index in [9.17, 15) is 15.0 Å². The summed E-state index contributed by atoms with van der Waals surface area (Å²) in [6.07, 6.45) is 1.04. The molecule has 4 rings (SSSR count). The average molecular weight is 406 g/mol. The number of aromatic hydroxyl groups is 2. The zero-order chi connectivity index (χ0) is 21.1. The van der Waals surface area contributed by atoms with E-state index in [2.05, 4.69) is 23.5 Å². The summed E-state index contributed by atoms with van der Waals surface area (Å²) in [5.74, 6) is 0.327. The Labute approximate surface area is 175 Å². The van der Waals surface area contributed by atoms with Gasteiger partial charge in [-0.1, -0.05) is 48.5 Å². The van der Waals surface area contributed by atoms with Gasteiger partial charge in [0.2, 0.25) is 0 Å². The van der Waals surface area contributed by atoms with E-state index in [0.717, 1.165) is 34.7 Å². The highest BCUT2D eigenvalue weighted by molar-refractivity contribution is 5.86. The molecular formula is C24H26N2O4. The minimum absolute atomic E-state index is 0.0500. The van der Waals surface area contributed by atoms with E-state index in [0.29, 0.717) is 13.1 Å². The molecule has 0 spiro atoms. The molecule has 1 aliphatic heterocycles. The highest BCUT2D eigenvalue weighted by Gasteiger charge is 2.25. The number of phenols is 2. The van der Waals surface area contributed by atoms with Crippen molar-refractivity contribution < 1.29 is 19.8 Å². The normalized spacial score (nSPS) is 16.3. The molecule has 6 heteroatoms. The van der Waals surface area contributed by atoms with Gasteiger partial charge in [0.05, 0.1) is 6.04 Å². The maximum absolute atomic E-state index is 12.4. The van der Waals surface area contributed by atoms with Crippen molar-refractivity contribution in [2.75, 3.05) is 13.1 Å². The second-order valence-electron chi connectivity index (χ2n) is 7.76. The lowest BCUT2D eigenvalue weighted by atomic mass is 9.89. The summed E-state index contributed by atoms with van der Waals surface area (Å²) < 4.78 is 0. The van der Waals surface area contributed by atoms with Gasteiger partial charge in [0.25, 0.3) is 0 Å². The molecule has 1 heterocycles. The molecule has 3 N–H and O–H groups in total. The molecule has 1 amide bonds. The van der Waals surface area contributed by atoms with Crippen molar-refractivity contribution in [3.8, 4) is 11.5 Å². The lowest BCUT2D eigenvalue weighted by Crippen LogP contribution is -2.39. The Balaban J connectivity index is 1.33. The molecule has 0 bridgehead atoms. The zero-order valence-electron chi connectivity index (χ0n) is 16.9. The maximum Gasteiger partial charge on any atom is 0.426 e. The number of benzene rings is 3. The van der Waals surface area contributed by atoms with Crippen molar-refractivity contribution >= 4 is 16.9 Å². The minimum atomic E-state index is -0.471. The van der Waals surface area contributed by atoms with Gasteiger partial charge in [0, 0.05) is 19.2 Å². The first kappa shape index (κ1) is 20.0. The molecule has 0 saturated carbocycles. The number of phenolic OH excluding ortho intramolecular Hbond substituents is 2. The van der Waals surface area contributed by atoms with E-state index < -0.39 is 6.09 Å². The van der Waals surface area contributed by atoms with E-state index >= 15 is 0 Å². The Hall–Kier alpha value is -3.25. The van der Waals surface area contributed by atoms with Crippen molar-refractivity contribution in [2.45, 2.75) is 31.7 Å². The van der Waals surface area contributed by atoms with Crippen molar-refractivity contribution in [1.29, 1.82) is 0 Å². The number of nitrogens with zero attached hydrogens (tertiary/aromatic N) is 1. The molecule has 1 aliphatic rings. The highest BCUT2D eigenvalue weighted by Crippen LogP contribution is 2.35. The molecule has 6 nitrogen and oxygen atoms in total. The third kappa shape index (κ3) is 4.33. The fourth-order valence-electron chi connectivity index (χ4n) is 4.16. The van der Waals surface area contributed by atoms with Crippen LogP contribution in [-0.2, 0) is 4.84 Å². The SMILES string of the molecule is C[C@H](NC(=O)ON1CCC(c2ccc(O)cc2O)CC1)c1cccc2ccccc12. The summed E-state index contributed by atoms with van der Waals surface area (Å²) in [6, 6.07) is 18.7. The number of amides is 1. The third-order valence-corrected chi connectivity index (χ3v) is 5.74. The number of nitrogens with one attached hydrogen (secondary N) is 1.